The van der Waals surface area contributed by atoms with Gasteiger partial charge in [-0.15, -0.1) is 0 Å². The summed E-state index contributed by atoms with van der Waals surface area (Å²) >= 11 is 9.81. The number of para-hydroxylation sites is 1. The van der Waals surface area contributed by atoms with Crippen molar-refractivity contribution < 1.29 is 19.1 Å². The lowest BCUT2D eigenvalue weighted by atomic mass is 9.98. The SMILES string of the molecule is COc1cc(/C=C2\C(=O)NC(=O)N(c3ccccc3Cl)C2=O)cc(Br)c1Cc1cc(C)cc(C)c1. The van der Waals surface area contributed by atoms with Crippen LogP contribution in [0, 0.1) is 13.8 Å². The third kappa shape index (κ3) is 5.16. The van der Waals surface area contributed by atoms with Gasteiger partial charge in [0, 0.05) is 16.5 Å². The van der Waals surface area contributed by atoms with E-state index in [2.05, 4.69) is 53.3 Å². The Hall–Kier alpha value is -3.42. The molecule has 0 bridgehead atoms. The highest BCUT2D eigenvalue weighted by Crippen LogP contribution is 2.33. The molecule has 0 spiro atoms. The van der Waals surface area contributed by atoms with Crippen LogP contribution >= 0.6 is 27.5 Å². The quantitative estimate of drug-likeness (QED) is 0.311. The van der Waals surface area contributed by atoms with Crippen LogP contribution in [0.25, 0.3) is 6.08 Å². The smallest absolute Gasteiger partial charge is 0.335 e. The molecule has 1 heterocycles. The predicted octanol–water partition coefficient (Wildman–Crippen LogP) is 5.99. The van der Waals surface area contributed by atoms with Crippen LogP contribution in [0.4, 0.5) is 10.5 Å². The van der Waals surface area contributed by atoms with E-state index in [0.29, 0.717) is 17.7 Å². The summed E-state index contributed by atoms with van der Waals surface area (Å²) in [7, 11) is 1.57. The zero-order chi connectivity index (χ0) is 25.3. The Morgan fingerprint density at radius 2 is 1.71 bits per heavy atom. The van der Waals surface area contributed by atoms with E-state index in [-0.39, 0.29) is 16.3 Å². The van der Waals surface area contributed by atoms with Crippen molar-refractivity contribution in [1.82, 2.24) is 5.32 Å². The maximum Gasteiger partial charge on any atom is 0.335 e. The third-order valence-corrected chi connectivity index (χ3v) is 6.59. The number of hydrogen-bond acceptors (Lipinski definition) is 4. The third-order valence-electron chi connectivity index (χ3n) is 5.57. The molecular weight excluding hydrogens is 532 g/mol. The molecule has 178 valence electrons. The van der Waals surface area contributed by atoms with Gasteiger partial charge >= 0.3 is 6.03 Å². The van der Waals surface area contributed by atoms with E-state index in [1.165, 1.54) is 23.3 Å². The first-order valence-electron chi connectivity index (χ1n) is 10.8. The maximum atomic E-state index is 13.2. The number of hydrogen-bond donors (Lipinski definition) is 1. The molecule has 35 heavy (non-hydrogen) atoms. The first kappa shape index (κ1) is 24.7. The number of nitrogens with one attached hydrogen (secondary N) is 1. The molecule has 0 aliphatic carbocycles. The normalized spacial score (nSPS) is 14.9. The second kappa shape index (κ2) is 10.1. The van der Waals surface area contributed by atoms with Gasteiger partial charge in [-0.05, 0) is 55.3 Å². The standard InChI is InChI=1S/C27H22BrClN2O4/c1-15-8-16(2)10-17(9-15)11-19-21(28)13-18(14-24(19)35-3)12-20-25(32)30-27(34)31(26(20)33)23-7-5-4-6-22(23)29/h4-10,12-14H,11H2,1-3H3,(H,30,32,34)/b20-12+. The van der Waals surface area contributed by atoms with Gasteiger partial charge in [-0.3, -0.25) is 14.9 Å². The molecule has 1 fully saturated rings. The van der Waals surface area contributed by atoms with Crippen LogP contribution in [0.15, 0.2) is 64.6 Å². The summed E-state index contributed by atoms with van der Waals surface area (Å²) in [6, 6.07) is 15.5. The molecule has 0 aromatic heterocycles. The molecule has 3 aromatic rings. The number of rotatable bonds is 5. The van der Waals surface area contributed by atoms with Crippen molar-refractivity contribution in [3.63, 3.8) is 0 Å². The van der Waals surface area contributed by atoms with Gasteiger partial charge < -0.3 is 4.74 Å². The van der Waals surface area contributed by atoms with Crippen molar-refractivity contribution in [1.29, 1.82) is 0 Å². The first-order chi connectivity index (χ1) is 16.7. The topological polar surface area (TPSA) is 75.7 Å². The molecule has 1 aliphatic rings. The van der Waals surface area contributed by atoms with Gasteiger partial charge in [-0.1, -0.05) is 69.0 Å². The zero-order valence-electron chi connectivity index (χ0n) is 19.3. The van der Waals surface area contributed by atoms with E-state index < -0.39 is 17.8 Å². The van der Waals surface area contributed by atoms with Crippen LogP contribution in [-0.2, 0) is 16.0 Å². The number of halogens is 2. The van der Waals surface area contributed by atoms with Gasteiger partial charge in [0.15, 0.2) is 0 Å². The highest BCUT2D eigenvalue weighted by atomic mass is 79.9. The molecule has 4 amide bonds. The van der Waals surface area contributed by atoms with Crippen LogP contribution in [0.1, 0.15) is 27.8 Å². The number of aryl methyl sites for hydroxylation is 2. The van der Waals surface area contributed by atoms with Crippen molar-refractivity contribution in [2.45, 2.75) is 20.3 Å². The number of anilines is 1. The van der Waals surface area contributed by atoms with Crippen molar-refractivity contribution in [3.8, 4) is 5.75 Å². The Morgan fingerprint density at radius 1 is 1.03 bits per heavy atom. The summed E-state index contributed by atoms with van der Waals surface area (Å²) < 4.78 is 6.41. The Balaban J connectivity index is 1.72. The average Bonchev–Trinajstić information content (AvgIpc) is 2.78. The molecule has 0 unspecified atom stereocenters. The fourth-order valence-corrected chi connectivity index (χ4v) is 4.94. The van der Waals surface area contributed by atoms with Gasteiger partial charge in [-0.25, -0.2) is 9.69 Å². The number of imide groups is 2. The van der Waals surface area contributed by atoms with Crippen LogP contribution in [0.2, 0.25) is 5.02 Å². The van der Waals surface area contributed by atoms with E-state index in [1.807, 2.05) is 6.07 Å². The fraction of sp³-hybridized carbons (Fsp3) is 0.148. The molecule has 6 nitrogen and oxygen atoms in total. The minimum Gasteiger partial charge on any atom is -0.496 e. The van der Waals surface area contributed by atoms with Crippen molar-refractivity contribution in [3.05, 3.63) is 97.5 Å². The minimum atomic E-state index is -0.854. The summed E-state index contributed by atoms with van der Waals surface area (Å²) in [6.07, 6.45) is 2.07. The molecule has 1 saturated heterocycles. The summed E-state index contributed by atoms with van der Waals surface area (Å²) in [5.74, 6) is -0.938. The largest absolute Gasteiger partial charge is 0.496 e. The zero-order valence-corrected chi connectivity index (χ0v) is 21.7. The van der Waals surface area contributed by atoms with E-state index in [4.69, 9.17) is 16.3 Å². The Morgan fingerprint density at radius 3 is 2.37 bits per heavy atom. The number of amides is 4. The fourth-order valence-electron chi connectivity index (χ4n) is 4.12. The summed E-state index contributed by atoms with van der Waals surface area (Å²) in [6.45, 7) is 4.11. The lowest BCUT2D eigenvalue weighted by Gasteiger charge is -2.27. The van der Waals surface area contributed by atoms with Crippen molar-refractivity contribution in [2.75, 3.05) is 12.0 Å². The van der Waals surface area contributed by atoms with Crippen molar-refractivity contribution >= 4 is 57.1 Å². The molecule has 1 aliphatic heterocycles. The average molecular weight is 554 g/mol. The number of carbonyl (C=O) groups excluding carboxylic acids is 3. The molecule has 4 rings (SSSR count). The van der Waals surface area contributed by atoms with Gasteiger partial charge in [0.25, 0.3) is 11.8 Å². The Labute approximate surface area is 216 Å². The van der Waals surface area contributed by atoms with Crippen LogP contribution < -0.4 is 15.0 Å². The van der Waals surface area contributed by atoms with E-state index in [0.717, 1.165) is 20.5 Å². The lowest BCUT2D eigenvalue weighted by molar-refractivity contribution is -0.122. The van der Waals surface area contributed by atoms with Crippen LogP contribution in [-0.4, -0.2) is 25.0 Å². The summed E-state index contributed by atoms with van der Waals surface area (Å²) in [4.78, 5) is 39.1. The molecule has 3 aromatic carbocycles. The minimum absolute atomic E-state index is 0.192. The predicted molar refractivity (Wildman–Crippen MR) is 140 cm³/mol. The Kier molecular flexibility index (Phi) is 7.10. The van der Waals surface area contributed by atoms with E-state index in [1.54, 1.807) is 31.4 Å². The summed E-state index contributed by atoms with van der Waals surface area (Å²) in [5.41, 5.74) is 4.99. The number of nitrogens with zero attached hydrogens (tertiary/aromatic N) is 1. The lowest BCUT2D eigenvalue weighted by Crippen LogP contribution is -2.54. The molecule has 1 N–H and O–H groups in total. The van der Waals surface area contributed by atoms with Gasteiger partial charge in [0.1, 0.15) is 11.3 Å². The number of urea groups is 1. The van der Waals surface area contributed by atoms with Gasteiger partial charge in [-0.2, -0.15) is 0 Å². The molecule has 0 saturated carbocycles. The number of methoxy groups -OCH3 is 1. The van der Waals surface area contributed by atoms with Crippen LogP contribution in [0.3, 0.4) is 0 Å². The van der Waals surface area contributed by atoms with E-state index in [9.17, 15) is 14.4 Å². The number of carbonyl (C=O) groups is 3. The number of benzene rings is 3. The number of ether oxygens (including phenoxy) is 1. The maximum absolute atomic E-state index is 13.2. The molecule has 8 heteroatoms. The Bertz CT molecular complexity index is 1380. The second-order valence-corrected chi connectivity index (χ2v) is 9.53. The highest BCUT2D eigenvalue weighted by molar-refractivity contribution is 9.10. The summed E-state index contributed by atoms with van der Waals surface area (Å²) in [5, 5.41) is 2.42. The molecule has 0 radical (unpaired) electrons. The van der Waals surface area contributed by atoms with E-state index >= 15 is 0 Å². The first-order valence-corrected chi connectivity index (χ1v) is 11.9. The van der Waals surface area contributed by atoms with Gasteiger partial charge in [0.05, 0.1) is 17.8 Å². The van der Waals surface area contributed by atoms with Crippen LogP contribution in [0.5, 0.6) is 5.75 Å². The van der Waals surface area contributed by atoms with Crippen molar-refractivity contribution in [2.24, 2.45) is 0 Å². The molecule has 0 atom stereocenters. The highest BCUT2D eigenvalue weighted by Gasteiger charge is 2.37. The number of barbiturate groups is 1. The molecular formula is C27H22BrClN2O4. The van der Waals surface area contributed by atoms with Gasteiger partial charge in [0.2, 0.25) is 0 Å². The monoisotopic (exact) mass is 552 g/mol. The second-order valence-electron chi connectivity index (χ2n) is 8.27.